The van der Waals surface area contributed by atoms with E-state index >= 15 is 0 Å². The van der Waals surface area contributed by atoms with E-state index < -0.39 is 0 Å². The van der Waals surface area contributed by atoms with Gasteiger partial charge in [0.25, 0.3) is 0 Å². The van der Waals surface area contributed by atoms with E-state index in [0.717, 1.165) is 18.2 Å². The van der Waals surface area contributed by atoms with Crippen LogP contribution in [0.15, 0.2) is 5.51 Å². The summed E-state index contributed by atoms with van der Waals surface area (Å²) in [4.78, 5) is 2.29. The fourth-order valence-corrected chi connectivity index (χ4v) is 2.62. The van der Waals surface area contributed by atoms with E-state index in [0.29, 0.717) is 17.9 Å². The normalized spacial score (nSPS) is 33.4. The highest BCUT2D eigenvalue weighted by molar-refractivity contribution is 7.13. The Hall–Kier alpha value is -0.680. The second-order valence-corrected chi connectivity index (χ2v) is 4.97. The molecule has 0 radical (unpaired) electrons. The van der Waals surface area contributed by atoms with E-state index in [1.807, 2.05) is 0 Å². The average molecular weight is 212 g/mol. The smallest absolute Gasteiger partial charge is 0.208 e. The van der Waals surface area contributed by atoms with Crippen molar-refractivity contribution >= 4 is 16.5 Å². The molecule has 14 heavy (non-hydrogen) atoms. The Morgan fingerprint density at radius 3 is 2.57 bits per heavy atom. The maximum atomic E-state index is 6.08. The van der Waals surface area contributed by atoms with Crippen molar-refractivity contribution in [2.24, 2.45) is 17.6 Å². The lowest BCUT2D eigenvalue weighted by Crippen LogP contribution is -2.51. The van der Waals surface area contributed by atoms with E-state index in [-0.39, 0.29) is 0 Å². The minimum atomic E-state index is 0.319. The Kier molecular flexibility index (Phi) is 2.69. The lowest BCUT2D eigenvalue weighted by atomic mass is 9.87. The van der Waals surface area contributed by atoms with Crippen LogP contribution in [0.4, 0.5) is 5.13 Å². The number of nitrogens with two attached hydrogens (primary N) is 1. The highest BCUT2D eigenvalue weighted by Gasteiger charge is 2.30. The van der Waals surface area contributed by atoms with Gasteiger partial charge in [0.2, 0.25) is 5.13 Å². The van der Waals surface area contributed by atoms with Crippen molar-refractivity contribution in [2.75, 3.05) is 18.0 Å². The van der Waals surface area contributed by atoms with Crippen LogP contribution >= 0.6 is 11.3 Å². The maximum absolute atomic E-state index is 6.08. The Morgan fingerprint density at radius 2 is 2.07 bits per heavy atom. The van der Waals surface area contributed by atoms with Gasteiger partial charge in [-0.15, -0.1) is 10.2 Å². The number of rotatable bonds is 1. The molecule has 0 amide bonds. The summed E-state index contributed by atoms with van der Waals surface area (Å²) in [5.41, 5.74) is 7.86. The topological polar surface area (TPSA) is 55.0 Å². The van der Waals surface area contributed by atoms with Crippen molar-refractivity contribution in [1.82, 2.24) is 10.2 Å². The first kappa shape index (κ1) is 9.86. The average Bonchev–Trinajstić information content (AvgIpc) is 2.66. The first-order valence-electron chi connectivity index (χ1n) is 4.95. The van der Waals surface area contributed by atoms with Gasteiger partial charge in [-0.25, -0.2) is 0 Å². The zero-order valence-electron chi connectivity index (χ0n) is 8.55. The van der Waals surface area contributed by atoms with Gasteiger partial charge < -0.3 is 10.6 Å². The molecule has 2 unspecified atom stereocenters. The van der Waals surface area contributed by atoms with Crippen LogP contribution in [0.25, 0.3) is 0 Å². The van der Waals surface area contributed by atoms with Crippen molar-refractivity contribution in [1.29, 1.82) is 0 Å². The summed E-state index contributed by atoms with van der Waals surface area (Å²) in [5, 5.41) is 8.97. The lowest BCUT2D eigenvalue weighted by molar-refractivity contribution is 0.298. The minimum Gasteiger partial charge on any atom is -0.346 e. The van der Waals surface area contributed by atoms with Crippen molar-refractivity contribution in [2.45, 2.75) is 19.9 Å². The van der Waals surface area contributed by atoms with Crippen LogP contribution < -0.4 is 10.6 Å². The predicted molar refractivity (Wildman–Crippen MR) is 58.4 cm³/mol. The van der Waals surface area contributed by atoms with Gasteiger partial charge in [0.15, 0.2) is 0 Å². The molecule has 78 valence electrons. The van der Waals surface area contributed by atoms with Crippen LogP contribution in [0.3, 0.4) is 0 Å². The Balaban J connectivity index is 2.10. The van der Waals surface area contributed by atoms with Gasteiger partial charge in [-0.2, -0.15) is 0 Å². The van der Waals surface area contributed by atoms with Crippen molar-refractivity contribution in [3.63, 3.8) is 0 Å². The molecule has 1 aliphatic rings. The molecule has 4 nitrogen and oxygen atoms in total. The molecule has 2 N–H and O–H groups in total. The minimum absolute atomic E-state index is 0.319. The monoisotopic (exact) mass is 212 g/mol. The zero-order chi connectivity index (χ0) is 10.1. The van der Waals surface area contributed by atoms with Gasteiger partial charge in [-0.05, 0) is 11.8 Å². The van der Waals surface area contributed by atoms with Gasteiger partial charge in [0, 0.05) is 19.1 Å². The van der Waals surface area contributed by atoms with E-state index in [2.05, 4.69) is 28.9 Å². The standard InChI is InChI=1S/C9H16N4S/c1-6-3-13(4-7(2)8(6)10)9-12-11-5-14-9/h5-8H,3-4,10H2,1-2H3. The second-order valence-electron chi connectivity index (χ2n) is 4.16. The van der Waals surface area contributed by atoms with Gasteiger partial charge in [0.05, 0.1) is 0 Å². The second kappa shape index (κ2) is 3.82. The number of aromatic nitrogens is 2. The van der Waals surface area contributed by atoms with Crippen molar-refractivity contribution < 1.29 is 0 Å². The molecule has 2 atom stereocenters. The highest BCUT2D eigenvalue weighted by Crippen LogP contribution is 2.26. The van der Waals surface area contributed by atoms with Gasteiger partial charge in [-0.3, -0.25) is 0 Å². The highest BCUT2D eigenvalue weighted by atomic mass is 32.1. The Morgan fingerprint density at radius 1 is 1.43 bits per heavy atom. The van der Waals surface area contributed by atoms with E-state index in [9.17, 15) is 0 Å². The number of hydrogen-bond acceptors (Lipinski definition) is 5. The first-order valence-corrected chi connectivity index (χ1v) is 5.83. The fourth-order valence-electron chi connectivity index (χ4n) is 2.04. The molecular formula is C9H16N4S. The van der Waals surface area contributed by atoms with Gasteiger partial charge in [-0.1, -0.05) is 25.2 Å². The summed E-state index contributed by atoms with van der Waals surface area (Å²) in [6, 6.07) is 0.319. The van der Waals surface area contributed by atoms with Crippen LogP contribution in [-0.2, 0) is 0 Å². The summed E-state index contributed by atoms with van der Waals surface area (Å²) in [6.07, 6.45) is 0. The summed E-state index contributed by atoms with van der Waals surface area (Å²) in [5.74, 6) is 1.06. The molecule has 5 heteroatoms. The molecule has 1 aliphatic heterocycles. The largest absolute Gasteiger partial charge is 0.346 e. The molecule has 0 saturated carbocycles. The van der Waals surface area contributed by atoms with Crippen LogP contribution in [0, 0.1) is 11.8 Å². The van der Waals surface area contributed by atoms with Crippen LogP contribution in [-0.4, -0.2) is 29.3 Å². The molecule has 1 aromatic rings. The third kappa shape index (κ3) is 1.74. The maximum Gasteiger partial charge on any atom is 0.208 e. The van der Waals surface area contributed by atoms with E-state index in [1.165, 1.54) is 0 Å². The molecule has 2 heterocycles. The Bertz CT molecular complexity index is 275. The molecule has 0 aromatic carbocycles. The van der Waals surface area contributed by atoms with E-state index in [1.54, 1.807) is 16.8 Å². The number of hydrogen-bond donors (Lipinski definition) is 1. The lowest BCUT2D eigenvalue weighted by Gasteiger charge is -2.39. The molecule has 2 rings (SSSR count). The van der Waals surface area contributed by atoms with E-state index in [4.69, 9.17) is 5.73 Å². The molecule has 1 fully saturated rings. The molecule has 0 bridgehead atoms. The zero-order valence-corrected chi connectivity index (χ0v) is 9.37. The third-order valence-corrected chi connectivity index (χ3v) is 3.70. The van der Waals surface area contributed by atoms with Crippen molar-refractivity contribution in [3.05, 3.63) is 5.51 Å². The van der Waals surface area contributed by atoms with Crippen LogP contribution in [0.1, 0.15) is 13.8 Å². The number of piperidine rings is 1. The SMILES string of the molecule is CC1CN(c2nncs2)CC(C)C1N. The summed E-state index contributed by atoms with van der Waals surface area (Å²) in [7, 11) is 0. The molecular weight excluding hydrogens is 196 g/mol. The summed E-state index contributed by atoms with van der Waals surface area (Å²) >= 11 is 1.60. The quantitative estimate of drug-likeness (QED) is 0.753. The van der Waals surface area contributed by atoms with Crippen LogP contribution in [0.2, 0.25) is 0 Å². The molecule has 1 aromatic heterocycles. The molecule has 1 saturated heterocycles. The predicted octanol–water partition coefficient (Wildman–Crippen LogP) is 0.958. The fraction of sp³-hybridized carbons (Fsp3) is 0.778. The third-order valence-electron chi connectivity index (χ3n) is 2.95. The van der Waals surface area contributed by atoms with Gasteiger partial charge in [0.1, 0.15) is 5.51 Å². The summed E-state index contributed by atoms with van der Waals surface area (Å²) < 4.78 is 0. The summed E-state index contributed by atoms with van der Waals surface area (Å²) in [6.45, 7) is 6.41. The first-order chi connectivity index (χ1) is 6.68. The molecule has 0 aliphatic carbocycles. The van der Waals surface area contributed by atoms with Gasteiger partial charge >= 0.3 is 0 Å². The number of nitrogens with zero attached hydrogens (tertiary/aromatic N) is 3. The molecule has 0 spiro atoms. The van der Waals surface area contributed by atoms with Crippen molar-refractivity contribution in [3.8, 4) is 0 Å². The van der Waals surface area contributed by atoms with Crippen LogP contribution in [0.5, 0.6) is 0 Å². The Labute approximate surface area is 88.1 Å². The number of anilines is 1.